The van der Waals surface area contributed by atoms with Crippen molar-refractivity contribution in [2.45, 2.75) is 27.3 Å². The van der Waals surface area contributed by atoms with Gasteiger partial charge in [0, 0.05) is 17.9 Å². The van der Waals surface area contributed by atoms with E-state index in [2.05, 4.69) is 16.0 Å². The van der Waals surface area contributed by atoms with E-state index >= 15 is 0 Å². The first-order chi connectivity index (χ1) is 12.0. The molecule has 0 aliphatic rings. The van der Waals surface area contributed by atoms with Gasteiger partial charge in [-0.2, -0.15) is 0 Å². The number of carbonyl (C=O) groups is 2. The van der Waals surface area contributed by atoms with Gasteiger partial charge in [0.1, 0.15) is 0 Å². The molecule has 6 heteroatoms. The van der Waals surface area contributed by atoms with Crippen molar-refractivity contribution in [3.8, 4) is 0 Å². The average molecular weight is 341 g/mol. The van der Waals surface area contributed by atoms with Crippen LogP contribution in [0.4, 0.5) is 21.0 Å². The van der Waals surface area contributed by atoms with Crippen LogP contribution in [0.15, 0.2) is 42.5 Å². The Morgan fingerprint density at radius 2 is 1.60 bits per heavy atom. The third kappa shape index (κ3) is 5.53. The lowest BCUT2D eigenvalue weighted by molar-refractivity contribution is 0.168. The van der Waals surface area contributed by atoms with Crippen molar-refractivity contribution in [1.29, 1.82) is 0 Å². The smallest absolute Gasteiger partial charge is 0.411 e. The van der Waals surface area contributed by atoms with Crippen molar-refractivity contribution in [1.82, 2.24) is 5.32 Å². The summed E-state index contributed by atoms with van der Waals surface area (Å²) in [6.07, 6.45) is -0.522. The second kappa shape index (κ2) is 8.73. The first-order valence-electron chi connectivity index (χ1n) is 8.13. The molecule has 6 nitrogen and oxygen atoms in total. The molecule has 0 spiro atoms. The highest BCUT2D eigenvalue weighted by Gasteiger charge is 2.10. The van der Waals surface area contributed by atoms with E-state index in [0.717, 1.165) is 11.1 Å². The van der Waals surface area contributed by atoms with E-state index in [4.69, 9.17) is 4.74 Å². The second-order valence-corrected chi connectivity index (χ2v) is 5.62. The van der Waals surface area contributed by atoms with Gasteiger partial charge in [0.2, 0.25) is 0 Å². The summed E-state index contributed by atoms with van der Waals surface area (Å²) >= 11 is 0. The molecule has 0 atom stereocenters. The number of ether oxygens (including phenoxy) is 1. The van der Waals surface area contributed by atoms with Crippen LogP contribution >= 0.6 is 0 Å². The number of hydrogen-bond donors (Lipinski definition) is 3. The average Bonchev–Trinajstić information content (AvgIpc) is 2.58. The molecule has 0 saturated carbocycles. The van der Waals surface area contributed by atoms with Crippen LogP contribution in [0.1, 0.15) is 23.6 Å². The minimum atomic E-state index is -0.522. The Hall–Kier alpha value is -3.02. The Balaban J connectivity index is 1.95. The van der Waals surface area contributed by atoms with Gasteiger partial charge in [-0.25, -0.2) is 9.59 Å². The van der Waals surface area contributed by atoms with Crippen LogP contribution in [-0.2, 0) is 11.3 Å². The molecule has 132 valence electrons. The molecule has 0 saturated heterocycles. The maximum atomic E-state index is 12.1. The first-order valence-corrected chi connectivity index (χ1v) is 8.13. The Morgan fingerprint density at radius 1 is 0.960 bits per heavy atom. The van der Waals surface area contributed by atoms with Crippen LogP contribution in [0.25, 0.3) is 0 Å². The van der Waals surface area contributed by atoms with Crippen molar-refractivity contribution in [3.63, 3.8) is 0 Å². The van der Waals surface area contributed by atoms with Gasteiger partial charge in [0.05, 0.1) is 6.61 Å². The normalized spacial score (nSPS) is 10.0. The topological polar surface area (TPSA) is 79.5 Å². The molecule has 2 aromatic carbocycles. The van der Waals surface area contributed by atoms with E-state index in [1.54, 1.807) is 25.1 Å². The summed E-state index contributed by atoms with van der Waals surface area (Å²) in [4.78, 5) is 23.7. The van der Waals surface area contributed by atoms with Crippen LogP contribution in [-0.4, -0.2) is 18.7 Å². The zero-order valence-electron chi connectivity index (χ0n) is 14.7. The number of aryl methyl sites for hydroxylation is 1. The second-order valence-electron chi connectivity index (χ2n) is 5.62. The molecular formula is C19H23N3O3. The van der Waals surface area contributed by atoms with E-state index in [9.17, 15) is 9.59 Å². The quantitative estimate of drug-likeness (QED) is 0.763. The summed E-state index contributed by atoms with van der Waals surface area (Å²) in [7, 11) is 0. The third-order valence-corrected chi connectivity index (χ3v) is 3.67. The number of hydrogen-bond acceptors (Lipinski definition) is 3. The third-order valence-electron chi connectivity index (χ3n) is 3.67. The summed E-state index contributed by atoms with van der Waals surface area (Å²) in [6.45, 7) is 6.31. The number of anilines is 2. The molecule has 3 N–H and O–H groups in total. The number of urea groups is 1. The molecule has 2 rings (SSSR count). The lowest BCUT2D eigenvalue weighted by Gasteiger charge is -2.14. The zero-order valence-corrected chi connectivity index (χ0v) is 14.7. The lowest BCUT2D eigenvalue weighted by atomic mass is 10.1. The van der Waals surface area contributed by atoms with E-state index < -0.39 is 6.09 Å². The minimum Gasteiger partial charge on any atom is -0.450 e. The largest absolute Gasteiger partial charge is 0.450 e. The summed E-state index contributed by atoms with van der Waals surface area (Å²) < 4.78 is 4.87. The molecule has 0 fully saturated rings. The van der Waals surface area contributed by atoms with Crippen LogP contribution in [0.5, 0.6) is 0 Å². The number of rotatable bonds is 5. The summed E-state index contributed by atoms with van der Waals surface area (Å²) in [5.74, 6) is 0. The van der Waals surface area contributed by atoms with Crippen LogP contribution < -0.4 is 16.0 Å². The Kier molecular flexibility index (Phi) is 6.39. The van der Waals surface area contributed by atoms with Crippen LogP contribution in [0.2, 0.25) is 0 Å². The monoisotopic (exact) mass is 341 g/mol. The fourth-order valence-electron chi connectivity index (χ4n) is 2.24. The van der Waals surface area contributed by atoms with Gasteiger partial charge in [-0.3, -0.25) is 5.32 Å². The Labute approximate surface area is 147 Å². The minimum absolute atomic E-state index is 0.296. The molecule has 0 aromatic heterocycles. The molecule has 3 amide bonds. The maximum absolute atomic E-state index is 12.1. The molecule has 2 aromatic rings. The van der Waals surface area contributed by atoms with Crippen molar-refractivity contribution in [2.24, 2.45) is 0 Å². The molecule has 0 heterocycles. The highest BCUT2D eigenvalue weighted by atomic mass is 16.5. The molecule has 0 unspecified atom stereocenters. The summed E-state index contributed by atoms with van der Waals surface area (Å²) in [5, 5.41) is 8.26. The molecule has 25 heavy (non-hydrogen) atoms. The molecular weight excluding hydrogens is 318 g/mol. The molecule has 0 aliphatic heterocycles. The van der Waals surface area contributed by atoms with Crippen molar-refractivity contribution in [3.05, 3.63) is 59.2 Å². The molecule has 0 radical (unpaired) electrons. The molecule has 0 bridgehead atoms. The van der Waals surface area contributed by atoms with E-state index in [0.29, 0.717) is 24.5 Å². The molecule has 0 aliphatic carbocycles. The van der Waals surface area contributed by atoms with Crippen LogP contribution in [0.3, 0.4) is 0 Å². The van der Waals surface area contributed by atoms with E-state index in [-0.39, 0.29) is 6.03 Å². The van der Waals surface area contributed by atoms with Gasteiger partial charge < -0.3 is 15.4 Å². The van der Waals surface area contributed by atoms with Crippen LogP contribution in [0, 0.1) is 13.8 Å². The SMILES string of the molecule is CCOC(=O)Nc1cccc(NC(=O)NCc2ccc(C)cc2)c1C. The van der Waals surface area contributed by atoms with Crippen molar-refractivity contribution in [2.75, 3.05) is 17.2 Å². The van der Waals surface area contributed by atoms with Crippen molar-refractivity contribution >= 4 is 23.5 Å². The summed E-state index contributed by atoms with van der Waals surface area (Å²) in [6, 6.07) is 12.9. The number of benzene rings is 2. The van der Waals surface area contributed by atoms with Crippen molar-refractivity contribution < 1.29 is 14.3 Å². The standard InChI is InChI=1S/C19H23N3O3/c1-4-25-19(24)22-17-7-5-6-16(14(17)3)21-18(23)20-12-15-10-8-13(2)9-11-15/h5-11H,4,12H2,1-3H3,(H,22,24)(H2,20,21,23). The fraction of sp³-hybridized carbons (Fsp3) is 0.263. The highest BCUT2D eigenvalue weighted by Crippen LogP contribution is 2.23. The predicted molar refractivity (Wildman–Crippen MR) is 98.9 cm³/mol. The van der Waals surface area contributed by atoms with Gasteiger partial charge in [-0.05, 0) is 44.0 Å². The van der Waals surface area contributed by atoms with Gasteiger partial charge in [0.25, 0.3) is 0 Å². The van der Waals surface area contributed by atoms with E-state index in [1.165, 1.54) is 5.56 Å². The van der Waals surface area contributed by atoms with Gasteiger partial charge in [-0.15, -0.1) is 0 Å². The predicted octanol–water partition coefficient (Wildman–Crippen LogP) is 4.19. The van der Waals surface area contributed by atoms with Gasteiger partial charge in [0.15, 0.2) is 0 Å². The summed E-state index contributed by atoms with van der Waals surface area (Å²) in [5.41, 5.74) is 4.16. The fourth-order valence-corrected chi connectivity index (χ4v) is 2.24. The van der Waals surface area contributed by atoms with Gasteiger partial charge >= 0.3 is 12.1 Å². The highest BCUT2D eigenvalue weighted by molar-refractivity contribution is 5.93. The number of carbonyl (C=O) groups excluding carboxylic acids is 2. The first kappa shape index (κ1) is 18.3. The van der Waals surface area contributed by atoms with Gasteiger partial charge in [-0.1, -0.05) is 35.9 Å². The Bertz CT molecular complexity index is 742. The maximum Gasteiger partial charge on any atom is 0.411 e. The number of nitrogens with one attached hydrogen (secondary N) is 3. The zero-order chi connectivity index (χ0) is 18.2. The lowest BCUT2D eigenvalue weighted by Crippen LogP contribution is -2.28. The Morgan fingerprint density at radius 3 is 2.24 bits per heavy atom. The van der Waals surface area contributed by atoms with E-state index in [1.807, 2.05) is 38.1 Å². The number of amides is 3.